The van der Waals surface area contributed by atoms with Gasteiger partial charge >= 0.3 is 0 Å². The third kappa shape index (κ3) is 3.46. The van der Waals surface area contributed by atoms with E-state index in [-0.39, 0.29) is 22.5 Å². The summed E-state index contributed by atoms with van der Waals surface area (Å²) in [6.45, 7) is 1.91. The lowest BCUT2D eigenvalue weighted by atomic mass is 10.4. The lowest BCUT2D eigenvalue weighted by molar-refractivity contribution is 0.574. The van der Waals surface area contributed by atoms with E-state index in [4.69, 9.17) is 17.3 Å². The largest absolute Gasteiger partial charge is 0.327 e. The average Bonchev–Trinajstić information content (AvgIpc) is 2.15. The van der Waals surface area contributed by atoms with Crippen LogP contribution >= 0.6 is 11.6 Å². The second kappa shape index (κ2) is 4.94. The highest BCUT2D eigenvalue weighted by atomic mass is 35.5. The van der Waals surface area contributed by atoms with Crippen LogP contribution in [-0.2, 0) is 10.0 Å². The number of nitrogens with one attached hydrogen (secondary N) is 1. The number of sulfonamides is 1. The Labute approximate surface area is 94.5 Å². The van der Waals surface area contributed by atoms with Gasteiger partial charge < -0.3 is 5.73 Å². The van der Waals surface area contributed by atoms with Gasteiger partial charge in [0.2, 0.25) is 10.0 Å². The molecule has 0 amide bonds. The molecular weight excluding hydrogens is 236 g/mol. The second-order valence-electron chi connectivity index (χ2n) is 3.26. The third-order valence-electron chi connectivity index (χ3n) is 1.72. The summed E-state index contributed by atoms with van der Waals surface area (Å²) >= 11 is 5.77. The zero-order valence-corrected chi connectivity index (χ0v) is 9.85. The van der Waals surface area contributed by atoms with Crippen LogP contribution < -0.4 is 10.5 Å². The van der Waals surface area contributed by atoms with Crippen molar-refractivity contribution in [2.75, 3.05) is 6.54 Å². The molecule has 15 heavy (non-hydrogen) atoms. The van der Waals surface area contributed by atoms with Crippen LogP contribution in [0.2, 0.25) is 5.02 Å². The molecule has 3 N–H and O–H groups in total. The Hall–Kier alpha value is -0.620. The number of hydrogen-bond acceptors (Lipinski definition) is 3. The van der Waals surface area contributed by atoms with Crippen molar-refractivity contribution in [3.63, 3.8) is 0 Å². The maximum absolute atomic E-state index is 11.7. The molecule has 84 valence electrons. The molecule has 0 aromatic heterocycles. The Morgan fingerprint density at radius 3 is 2.60 bits per heavy atom. The van der Waals surface area contributed by atoms with Gasteiger partial charge in [0.15, 0.2) is 0 Å². The Morgan fingerprint density at radius 1 is 1.47 bits per heavy atom. The summed E-state index contributed by atoms with van der Waals surface area (Å²) in [5, 5.41) is 0.203. The van der Waals surface area contributed by atoms with Crippen molar-refractivity contribution in [1.82, 2.24) is 4.72 Å². The first kappa shape index (κ1) is 12.4. The first-order valence-corrected chi connectivity index (χ1v) is 6.29. The van der Waals surface area contributed by atoms with Gasteiger partial charge in [-0.2, -0.15) is 0 Å². The topological polar surface area (TPSA) is 72.2 Å². The Morgan fingerprint density at radius 2 is 2.07 bits per heavy atom. The Kier molecular flexibility index (Phi) is 4.10. The van der Waals surface area contributed by atoms with Crippen molar-refractivity contribution >= 4 is 21.6 Å². The first-order valence-electron chi connectivity index (χ1n) is 4.43. The number of halogens is 1. The molecule has 0 fully saturated rings. The first-order chi connectivity index (χ1) is 6.93. The number of nitrogens with two attached hydrogens (primary N) is 1. The highest BCUT2D eigenvalue weighted by molar-refractivity contribution is 7.89. The molecule has 0 radical (unpaired) electrons. The van der Waals surface area contributed by atoms with Crippen LogP contribution in [0.25, 0.3) is 0 Å². The molecule has 0 aliphatic carbocycles. The molecule has 1 aromatic rings. The molecule has 6 heteroatoms. The Balaban J connectivity index is 2.92. The molecule has 0 spiro atoms. The van der Waals surface area contributed by atoms with E-state index in [1.54, 1.807) is 19.1 Å². The summed E-state index contributed by atoms with van der Waals surface area (Å²) in [5.41, 5.74) is 5.46. The van der Waals surface area contributed by atoms with E-state index in [0.29, 0.717) is 0 Å². The fraction of sp³-hybridized carbons (Fsp3) is 0.333. The fourth-order valence-corrected chi connectivity index (χ4v) is 2.64. The monoisotopic (exact) mass is 248 g/mol. The number of rotatable bonds is 4. The zero-order valence-electron chi connectivity index (χ0n) is 8.27. The standard InChI is InChI=1S/C9H13ClN2O2S/c1-7(11)6-12-15(13,14)9-5-3-2-4-8(9)10/h2-5,7,12H,6,11H2,1H3. The smallest absolute Gasteiger partial charge is 0.242 e. The molecule has 4 nitrogen and oxygen atoms in total. The van der Waals surface area contributed by atoms with Crippen molar-refractivity contribution < 1.29 is 8.42 Å². The van der Waals surface area contributed by atoms with E-state index >= 15 is 0 Å². The maximum atomic E-state index is 11.7. The quantitative estimate of drug-likeness (QED) is 0.834. The molecule has 1 rings (SSSR count). The minimum atomic E-state index is -3.55. The minimum absolute atomic E-state index is 0.0762. The molecule has 0 heterocycles. The van der Waals surface area contributed by atoms with Crippen LogP contribution in [0.15, 0.2) is 29.2 Å². The summed E-state index contributed by atoms with van der Waals surface area (Å²) in [6.07, 6.45) is 0. The SMILES string of the molecule is CC(N)CNS(=O)(=O)c1ccccc1Cl. The van der Waals surface area contributed by atoms with Gasteiger partial charge in [-0.3, -0.25) is 0 Å². The highest BCUT2D eigenvalue weighted by Crippen LogP contribution is 2.19. The molecule has 0 aliphatic heterocycles. The van der Waals surface area contributed by atoms with Gasteiger partial charge in [0, 0.05) is 12.6 Å². The van der Waals surface area contributed by atoms with Crippen LogP contribution in [0, 0.1) is 0 Å². The van der Waals surface area contributed by atoms with Crippen LogP contribution in [0.1, 0.15) is 6.92 Å². The van der Waals surface area contributed by atoms with E-state index in [1.807, 2.05) is 0 Å². The molecule has 0 saturated carbocycles. The van der Waals surface area contributed by atoms with Gasteiger partial charge in [-0.25, -0.2) is 13.1 Å². The van der Waals surface area contributed by atoms with Crippen LogP contribution in [0.5, 0.6) is 0 Å². The van der Waals surface area contributed by atoms with Crippen molar-refractivity contribution in [3.8, 4) is 0 Å². The molecule has 1 unspecified atom stereocenters. The maximum Gasteiger partial charge on any atom is 0.242 e. The zero-order chi connectivity index (χ0) is 11.5. The van der Waals surface area contributed by atoms with Crippen LogP contribution in [0.4, 0.5) is 0 Å². The molecule has 1 aromatic carbocycles. The Bertz CT molecular complexity index is 431. The lowest BCUT2D eigenvalue weighted by Crippen LogP contribution is -2.35. The molecule has 0 saturated heterocycles. The molecule has 1 atom stereocenters. The van der Waals surface area contributed by atoms with E-state index < -0.39 is 10.0 Å². The normalized spacial score (nSPS) is 13.8. The van der Waals surface area contributed by atoms with Crippen LogP contribution in [-0.4, -0.2) is 21.0 Å². The van der Waals surface area contributed by atoms with Crippen molar-refractivity contribution in [1.29, 1.82) is 0 Å². The van der Waals surface area contributed by atoms with Gasteiger partial charge in [0.1, 0.15) is 4.90 Å². The van der Waals surface area contributed by atoms with Gasteiger partial charge in [0.05, 0.1) is 5.02 Å². The van der Waals surface area contributed by atoms with E-state index in [2.05, 4.69) is 4.72 Å². The average molecular weight is 249 g/mol. The van der Waals surface area contributed by atoms with Gasteiger partial charge in [-0.05, 0) is 19.1 Å². The summed E-state index contributed by atoms with van der Waals surface area (Å²) in [7, 11) is -3.55. The lowest BCUT2D eigenvalue weighted by Gasteiger charge is -2.09. The highest BCUT2D eigenvalue weighted by Gasteiger charge is 2.16. The van der Waals surface area contributed by atoms with Gasteiger partial charge in [-0.1, -0.05) is 23.7 Å². The fourth-order valence-electron chi connectivity index (χ4n) is 0.982. The van der Waals surface area contributed by atoms with Crippen molar-refractivity contribution in [2.45, 2.75) is 17.9 Å². The predicted octanol–water partition coefficient (Wildman–Crippen LogP) is 0.966. The van der Waals surface area contributed by atoms with E-state index in [1.165, 1.54) is 12.1 Å². The van der Waals surface area contributed by atoms with Crippen LogP contribution in [0.3, 0.4) is 0 Å². The van der Waals surface area contributed by atoms with E-state index in [0.717, 1.165) is 0 Å². The van der Waals surface area contributed by atoms with Gasteiger partial charge in [-0.15, -0.1) is 0 Å². The number of hydrogen-bond donors (Lipinski definition) is 2. The van der Waals surface area contributed by atoms with E-state index in [9.17, 15) is 8.42 Å². The van der Waals surface area contributed by atoms with Crippen molar-refractivity contribution in [2.24, 2.45) is 5.73 Å². The predicted molar refractivity (Wildman–Crippen MR) is 60.3 cm³/mol. The molecule has 0 bridgehead atoms. The van der Waals surface area contributed by atoms with Gasteiger partial charge in [0.25, 0.3) is 0 Å². The molecular formula is C9H13ClN2O2S. The summed E-state index contributed by atoms with van der Waals surface area (Å²) in [6, 6.07) is 6.04. The van der Waals surface area contributed by atoms with Crippen molar-refractivity contribution in [3.05, 3.63) is 29.3 Å². The summed E-state index contributed by atoms with van der Waals surface area (Å²) in [4.78, 5) is 0.0762. The summed E-state index contributed by atoms with van der Waals surface area (Å²) in [5.74, 6) is 0. The minimum Gasteiger partial charge on any atom is -0.327 e. The third-order valence-corrected chi connectivity index (χ3v) is 3.64. The number of benzene rings is 1. The summed E-state index contributed by atoms with van der Waals surface area (Å²) < 4.78 is 25.8. The molecule has 0 aliphatic rings. The second-order valence-corrected chi connectivity index (χ2v) is 5.40.